The van der Waals surface area contributed by atoms with E-state index in [9.17, 15) is 17.6 Å². The number of benzene rings is 1. The largest absolute Gasteiger partial charge is 0.455 e. The number of allylic oxidation sites excluding steroid dienone is 2. The van der Waals surface area contributed by atoms with E-state index in [2.05, 4.69) is 9.80 Å². The van der Waals surface area contributed by atoms with Gasteiger partial charge in [0, 0.05) is 58.0 Å². The van der Waals surface area contributed by atoms with Crippen molar-refractivity contribution in [1.82, 2.24) is 9.80 Å². The molecule has 0 amide bonds. The number of halogens is 4. The summed E-state index contributed by atoms with van der Waals surface area (Å²) in [5.41, 5.74) is 1.31. The lowest BCUT2D eigenvalue weighted by Gasteiger charge is -2.34. The highest BCUT2D eigenvalue weighted by atomic mass is 32.2. The molecule has 32 heavy (non-hydrogen) atoms. The second-order valence-electron chi connectivity index (χ2n) is 7.96. The molecule has 3 aliphatic rings. The molecule has 3 heterocycles. The van der Waals surface area contributed by atoms with Crippen LogP contribution in [-0.2, 0) is 4.74 Å². The van der Waals surface area contributed by atoms with Crippen LogP contribution in [0.15, 0.2) is 47.1 Å². The van der Waals surface area contributed by atoms with Crippen LogP contribution in [0.25, 0.3) is 5.57 Å². The standard InChI is InChI=1S/C23H26F4N2O2S/c1-30-14-13-29-11-9-28(10-12-29)8-2-3-18-17-5-4-16(24)15-20(17)31-19-6-7-21(23(25,26)27)32-22(18)19/h3-7,15,21H,2,8-14H2,1H3. The summed E-state index contributed by atoms with van der Waals surface area (Å²) < 4.78 is 64.7. The van der Waals surface area contributed by atoms with E-state index in [1.54, 1.807) is 13.2 Å². The Morgan fingerprint density at radius 1 is 1.16 bits per heavy atom. The molecule has 4 rings (SSSR count). The van der Waals surface area contributed by atoms with E-state index in [0.717, 1.165) is 63.7 Å². The van der Waals surface area contributed by atoms with E-state index in [-0.39, 0.29) is 0 Å². The van der Waals surface area contributed by atoms with Crippen molar-refractivity contribution < 1.29 is 27.0 Å². The Balaban J connectivity index is 1.48. The monoisotopic (exact) mass is 470 g/mol. The molecule has 1 aromatic carbocycles. The molecule has 1 fully saturated rings. The maximum Gasteiger partial charge on any atom is 0.404 e. The Labute approximate surface area is 189 Å². The van der Waals surface area contributed by atoms with Crippen LogP contribution in [0.3, 0.4) is 0 Å². The Bertz CT molecular complexity index is 921. The Morgan fingerprint density at radius 2 is 1.88 bits per heavy atom. The lowest BCUT2D eigenvalue weighted by molar-refractivity contribution is -0.120. The van der Waals surface area contributed by atoms with Gasteiger partial charge in [0.05, 0.1) is 11.5 Å². The van der Waals surface area contributed by atoms with Gasteiger partial charge >= 0.3 is 6.18 Å². The third-order valence-corrected chi connectivity index (χ3v) is 7.12. The van der Waals surface area contributed by atoms with E-state index in [0.29, 0.717) is 34.0 Å². The molecule has 0 aromatic heterocycles. The van der Waals surface area contributed by atoms with Crippen molar-refractivity contribution in [3.05, 3.63) is 58.5 Å². The summed E-state index contributed by atoms with van der Waals surface area (Å²) in [6.07, 6.45) is 0.739. The third-order valence-electron chi connectivity index (χ3n) is 5.78. The first-order chi connectivity index (χ1) is 15.3. The van der Waals surface area contributed by atoms with Gasteiger partial charge in [0.2, 0.25) is 0 Å². The van der Waals surface area contributed by atoms with Crippen molar-refractivity contribution in [3.63, 3.8) is 0 Å². The summed E-state index contributed by atoms with van der Waals surface area (Å²) in [5.74, 6) is 0.225. The van der Waals surface area contributed by atoms with Crippen LogP contribution in [0.5, 0.6) is 5.75 Å². The zero-order valence-electron chi connectivity index (χ0n) is 17.8. The van der Waals surface area contributed by atoms with Crippen molar-refractivity contribution in [2.24, 2.45) is 0 Å². The number of hydrogen-bond donors (Lipinski definition) is 0. The molecule has 0 spiro atoms. The van der Waals surface area contributed by atoms with Crippen molar-refractivity contribution in [1.29, 1.82) is 0 Å². The molecule has 0 aliphatic carbocycles. The normalized spacial score (nSPS) is 23.3. The number of ether oxygens (including phenoxy) is 2. The molecule has 1 atom stereocenters. The summed E-state index contributed by atoms with van der Waals surface area (Å²) in [4.78, 5) is 5.17. The van der Waals surface area contributed by atoms with Crippen LogP contribution >= 0.6 is 11.8 Å². The predicted octanol–water partition coefficient (Wildman–Crippen LogP) is 4.70. The molecule has 0 radical (unpaired) electrons. The van der Waals surface area contributed by atoms with E-state index >= 15 is 0 Å². The molecular weight excluding hydrogens is 444 g/mol. The molecule has 0 N–H and O–H groups in total. The van der Waals surface area contributed by atoms with E-state index in [1.807, 2.05) is 6.08 Å². The molecule has 0 saturated carbocycles. The molecule has 1 saturated heterocycles. The first-order valence-corrected chi connectivity index (χ1v) is 11.5. The van der Waals surface area contributed by atoms with Crippen molar-refractivity contribution >= 4 is 17.3 Å². The molecule has 9 heteroatoms. The fraction of sp³-hybridized carbons (Fsp3) is 0.478. The van der Waals surface area contributed by atoms with Gasteiger partial charge in [0.1, 0.15) is 22.6 Å². The fourth-order valence-corrected chi connectivity index (χ4v) is 5.11. The highest BCUT2D eigenvalue weighted by Crippen LogP contribution is 2.50. The van der Waals surface area contributed by atoms with E-state index in [1.165, 1.54) is 18.2 Å². The SMILES string of the molecule is COCCN1CCN(CCC=C2C3=C(C=CC(C(F)(F)F)S3)Oc3cc(F)ccc32)CC1. The lowest BCUT2D eigenvalue weighted by atomic mass is 9.99. The molecule has 174 valence electrons. The first-order valence-electron chi connectivity index (χ1n) is 10.6. The number of hydrogen-bond acceptors (Lipinski definition) is 5. The smallest absolute Gasteiger partial charge is 0.404 e. The number of thioether (sulfide) groups is 1. The minimum atomic E-state index is -4.35. The summed E-state index contributed by atoms with van der Waals surface area (Å²) in [6, 6.07) is 4.17. The molecule has 3 aliphatic heterocycles. The topological polar surface area (TPSA) is 24.9 Å². The number of rotatable bonds is 6. The van der Waals surface area contributed by atoms with Crippen LogP contribution in [0.1, 0.15) is 12.0 Å². The number of alkyl halides is 3. The van der Waals surface area contributed by atoms with Crippen molar-refractivity contribution in [2.45, 2.75) is 17.8 Å². The molecule has 1 unspecified atom stereocenters. The number of fused-ring (bicyclic) bond motifs is 1. The average Bonchev–Trinajstić information content (AvgIpc) is 2.77. The van der Waals surface area contributed by atoms with Gasteiger partial charge < -0.3 is 14.4 Å². The van der Waals surface area contributed by atoms with E-state index < -0.39 is 17.2 Å². The Hall–Kier alpha value is -1.81. The first kappa shape index (κ1) is 23.4. The van der Waals surface area contributed by atoms with Crippen LogP contribution in [0.2, 0.25) is 0 Å². The third kappa shape index (κ3) is 5.39. The quantitative estimate of drug-likeness (QED) is 0.562. The average molecular weight is 471 g/mol. The fourth-order valence-electron chi connectivity index (χ4n) is 4.02. The van der Waals surface area contributed by atoms with Gasteiger partial charge in [0.25, 0.3) is 0 Å². The van der Waals surface area contributed by atoms with Gasteiger partial charge in [-0.3, -0.25) is 4.90 Å². The molecule has 1 aromatic rings. The van der Waals surface area contributed by atoms with Crippen LogP contribution < -0.4 is 4.74 Å². The second-order valence-corrected chi connectivity index (χ2v) is 9.11. The van der Waals surface area contributed by atoms with Gasteiger partial charge in [0.15, 0.2) is 0 Å². The summed E-state index contributed by atoms with van der Waals surface area (Å²) in [5, 5.41) is -1.63. The number of piperazine rings is 1. The Kier molecular flexibility index (Phi) is 7.29. The van der Waals surface area contributed by atoms with Gasteiger partial charge in [-0.1, -0.05) is 12.2 Å². The zero-order chi connectivity index (χ0) is 22.7. The number of methoxy groups -OCH3 is 1. The highest BCUT2D eigenvalue weighted by Gasteiger charge is 2.42. The van der Waals surface area contributed by atoms with Crippen LogP contribution in [-0.4, -0.2) is 74.2 Å². The highest BCUT2D eigenvalue weighted by molar-refractivity contribution is 8.04. The predicted molar refractivity (Wildman–Crippen MR) is 118 cm³/mol. The number of nitrogens with zero attached hydrogens (tertiary/aromatic N) is 2. The Morgan fingerprint density at radius 3 is 2.56 bits per heavy atom. The summed E-state index contributed by atoms with van der Waals surface area (Å²) in [7, 11) is 1.70. The van der Waals surface area contributed by atoms with Gasteiger partial charge in [-0.25, -0.2) is 4.39 Å². The van der Waals surface area contributed by atoms with Gasteiger partial charge in [-0.2, -0.15) is 13.2 Å². The van der Waals surface area contributed by atoms with Crippen molar-refractivity contribution in [2.75, 3.05) is 53.0 Å². The molecular formula is C23H26F4N2O2S. The lowest BCUT2D eigenvalue weighted by Crippen LogP contribution is -2.47. The van der Waals surface area contributed by atoms with Gasteiger partial charge in [-0.15, -0.1) is 11.8 Å². The second kappa shape index (κ2) is 9.99. The minimum Gasteiger partial charge on any atom is -0.455 e. The van der Waals surface area contributed by atoms with Crippen LogP contribution in [0.4, 0.5) is 17.6 Å². The maximum atomic E-state index is 13.8. The van der Waals surface area contributed by atoms with Crippen molar-refractivity contribution in [3.8, 4) is 5.75 Å². The van der Waals surface area contributed by atoms with E-state index in [4.69, 9.17) is 9.47 Å². The summed E-state index contributed by atoms with van der Waals surface area (Å²) in [6.45, 7) is 6.28. The van der Waals surface area contributed by atoms with Crippen LogP contribution in [0, 0.1) is 5.82 Å². The zero-order valence-corrected chi connectivity index (χ0v) is 18.6. The molecule has 0 bridgehead atoms. The summed E-state index contributed by atoms with van der Waals surface area (Å²) >= 11 is 0.741. The molecule has 4 nitrogen and oxygen atoms in total. The minimum absolute atomic E-state index is 0.331. The maximum absolute atomic E-state index is 13.8. The van der Waals surface area contributed by atoms with Gasteiger partial charge in [-0.05, 0) is 30.2 Å².